The van der Waals surface area contributed by atoms with Crippen molar-refractivity contribution in [1.29, 1.82) is 0 Å². The molecule has 5 heteroatoms. The first-order valence-electron chi connectivity index (χ1n) is 6.72. The Bertz CT molecular complexity index is 276. The average molecular weight is 258 g/mol. The van der Waals surface area contributed by atoms with E-state index in [0.29, 0.717) is 0 Å². The first kappa shape index (κ1) is 15.2. The minimum Gasteiger partial charge on any atom is -0.444 e. The number of likely N-dealkylation sites (tertiary alicyclic amines) is 1. The van der Waals surface area contributed by atoms with E-state index in [-0.39, 0.29) is 18.2 Å². The number of rotatable bonds is 3. The van der Waals surface area contributed by atoms with Crippen LogP contribution < -0.4 is 5.48 Å². The summed E-state index contributed by atoms with van der Waals surface area (Å²) in [5.41, 5.74) is 1.78. The lowest BCUT2D eigenvalue weighted by Crippen LogP contribution is -2.48. The van der Waals surface area contributed by atoms with E-state index in [0.717, 1.165) is 32.2 Å². The van der Waals surface area contributed by atoms with Crippen molar-refractivity contribution in [1.82, 2.24) is 10.4 Å². The van der Waals surface area contributed by atoms with Crippen LogP contribution in [0.2, 0.25) is 0 Å². The van der Waals surface area contributed by atoms with Gasteiger partial charge in [-0.1, -0.05) is 0 Å². The number of hydrogen-bond acceptors (Lipinski definition) is 4. The highest BCUT2D eigenvalue weighted by atomic mass is 16.6. The predicted molar refractivity (Wildman–Crippen MR) is 69.6 cm³/mol. The number of piperidine rings is 1. The van der Waals surface area contributed by atoms with Crippen LogP contribution in [0.3, 0.4) is 0 Å². The molecular formula is C13H26N2O3. The summed E-state index contributed by atoms with van der Waals surface area (Å²) in [6, 6.07) is 0.140. The van der Waals surface area contributed by atoms with Crippen molar-refractivity contribution in [3.8, 4) is 0 Å². The summed E-state index contributed by atoms with van der Waals surface area (Å²) in [5.74, 6) is 0. The molecule has 1 fully saturated rings. The maximum Gasteiger partial charge on any atom is 0.410 e. The number of hydrogen-bond donors (Lipinski definition) is 2. The first-order chi connectivity index (χ1) is 8.33. The summed E-state index contributed by atoms with van der Waals surface area (Å²) in [4.78, 5) is 13.9. The van der Waals surface area contributed by atoms with Crippen molar-refractivity contribution in [2.45, 2.75) is 71.1 Å². The van der Waals surface area contributed by atoms with Gasteiger partial charge in [0.15, 0.2) is 0 Å². The predicted octanol–water partition coefficient (Wildman–Crippen LogP) is 2.53. The molecule has 106 valence electrons. The van der Waals surface area contributed by atoms with Crippen molar-refractivity contribution >= 4 is 6.09 Å². The molecule has 1 rings (SSSR count). The molecule has 0 spiro atoms. The molecular weight excluding hydrogens is 232 g/mol. The average Bonchev–Trinajstić information content (AvgIpc) is 2.27. The summed E-state index contributed by atoms with van der Waals surface area (Å²) in [6.07, 6.45) is 3.64. The van der Waals surface area contributed by atoms with Crippen LogP contribution in [0.25, 0.3) is 0 Å². The lowest BCUT2D eigenvalue weighted by atomic mass is 9.97. The Hall–Kier alpha value is -0.810. The zero-order valence-electron chi connectivity index (χ0n) is 11.9. The fraction of sp³-hybridized carbons (Fsp3) is 0.923. The van der Waals surface area contributed by atoms with Gasteiger partial charge in [0, 0.05) is 18.6 Å². The van der Waals surface area contributed by atoms with Gasteiger partial charge >= 0.3 is 6.09 Å². The molecule has 18 heavy (non-hydrogen) atoms. The fourth-order valence-electron chi connectivity index (χ4n) is 2.27. The van der Waals surface area contributed by atoms with Crippen molar-refractivity contribution in [2.24, 2.45) is 0 Å². The summed E-state index contributed by atoms with van der Waals surface area (Å²) >= 11 is 0. The van der Waals surface area contributed by atoms with E-state index in [1.54, 1.807) is 0 Å². The van der Waals surface area contributed by atoms with E-state index in [9.17, 15) is 4.79 Å². The van der Waals surface area contributed by atoms with Crippen molar-refractivity contribution in [3.63, 3.8) is 0 Å². The van der Waals surface area contributed by atoms with Crippen LogP contribution in [-0.2, 0) is 4.74 Å². The largest absolute Gasteiger partial charge is 0.444 e. The van der Waals surface area contributed by atoms with Crippen molar-refractivity contribution in [2.75, 3.05) is 6.54 Å². The molecule has 1 saturated heterocycles. The smallest absolute Gasteiger partial charge is 0.410 e. The van der Waals surface area contributed by atoms with E-state index in [4.69, 9.17) is 9.94 Å². The highest BCUT2D eigenvalue weighted by Crippen LogP contribution is 2.23. The Morgan fingerprint density at radius 3 is 2.72 bits per heavy atom. The molecule has 2 N–H and O–H groups in total. The lowest BCUT2D eigenvalue weighted by Gasteiger charge is -2.37. The van der Waals surface area contributed by atoms with E-state index >= 15 is 0 Å². The van der Waals surface area contributed by atoms with Gasteiger partial charge in [0.05, 0.1) is 0 Å². The second-order valence-corrected chi connectivity index (χ2v) is 6.09. The molecule has 0 aromatic rings. The number of nitrogens with one attached hydrogen (secondary N) is 1. The topological polar surface area (TPSA) is 61.8 Å². The maximum absolute atomic E-state index is 12.1. The number of amides is 1. The molecule has 0 aromatic carbocycles. The van der Waals surface area contributed by atoms with Crippen LogP contribution in [0.15, 0.2) is 0 Å². The van der Waals surface area contributed by atoms with Crippen LogP contribution in [-0.4, -0.2) is 40.4 Å². The molecule has 2 atom stereocenters. The highest BCUT2D eigenvalue weighted by Gasteiger charge is 2.31. The molecule has 0 aromatic heterocycles. The number of carbonyl (C=O) groups excluding carboxylic acids is 1. The number of ether oxygens (including phenoxy) is 1. The fourth-order valence-corrected chi connectivity index (χ4v) is 2.27. The van der Waals surface area contributed by atoms with Gasteiger partial charge in [-0.15, -0.1) is 0 Å². The summed E-state index contributed by atoms with van der Waals surface area (Å²) < 4.78 is 5.43. The summed E-state index contributed by atoms with van der Waals surface area (Å²) in [6.45, 7) is 8.28. The third-order valence-electron chi connectivity index (χ3n) is 3.10. The van der Waals surface area contributed by atoms with Gasteiger partial charge in [-0.25, -0.2) is 10.3 Å². The highest BCUT2D eigenvalue weighted by molar-refractivity contribution is 5.68. The quantitative estimate of drug-likeness (QED) is 0.764. The summed E-state index contributed by atoms with van der Waals surface area (Å²) in [7, 11) is 0. The van der Waals surface area contributed by atoms with Crippen molar-refractivity contribution < 1.29 is 14.7 Å². The van der Waals surface area contributed by atoms with Gasteiger partial charge in [0.25, 0.3) is 0 Å². The van der Waals surface area contributed by atoms with Crippen LogP contribution in [0.5, 0.6) is 0 Å². The number of carbonyl (C=O) groups is 1. The zero-order valence-corrected chi connectivity index (χ0v) is 11.9. The minimum atomic E-state index is -0.458. The molecule has 0 aliphatic carbocycles. The normalized spacial score (nSPS) is 22.7. The monoisotopic (exact) mass is 258 g/mol. The SMILES string of the molecule is CC(CC1CCCCN1C(=O)OC(C)(C)C)NO. The minimum absolute atomic E-state index is 0.0157. The maximum atomic E-state index is 12.1. The van der Waals surface area contributed by atoms with Gasteiger partial charge in [-0.3, -0.25) is 0 Å². The van der Waals surface area contributed by atoms with Crippen LogP contribution in [0.1, 0.15) is 53.4 Å². The van der Waals surface area contributed by atoms with Crippen LogP contribution >= 0.6 is 0 Å². The van der Waals surface area contributed by atoms with Gasteiger partial charge in [-0.05, 0) is 53.4 Å². The van der Waals surface area contributed by atoms with Gasteiger partial charge in [-0.2, -0.15) is 0 Å². The number of nitrogens with zero attached hydrogens (tertiary/aromatic N) is 1. The third-order valence-corrected chi connectivity index (χ3v) is 3.10. The van der Waals surface area contributed by atoms with Gasteiger partial charge < -0.3 is 14.8 Å². The molecule has 1 amide bonds. The molecule has 5 nitrogen and oxygen atoms in total. The molecule has 1 heterocycles. The second kappa shape index (κ2) is 6.38. The Morgan fingerprint density at radius 2 is 2.17 bits per heavy atom. The van der Waals surface area contributed by atoms with Crippen LogP contribution in [0.4, 0.5) is 4.79 Å². The second-order valence-electron chi connectivity index (χ2n) is 6.09. The Labute approximate surface area is 109 Å². The molecule has 0 saturated carbocycles. The molecule has 1 aliphatic heterocycles. The standard InChI is InChI=1S/C13H26N2O3/c1-10(14-17)9-11-7-5-6-8-15(11)12(16)18-13(2,3)4/h10-11,14,17H,5-9H2,1-4H3. The molecule has 1 aliphatic rings. The summed E-state index contributed by atoms with van der Waals surface area (Å²) in [5, 5.41) is 8.89. The van der Waals surface area contributed by atoms with Crippen LogP contribution in [0, 0.1) is 0 Å². The number of hydroxylamine groups is 1. The first-order valence-corrected chi connectivity index (χ1v) is 6.72. The van der Waals surface area contributed by atoms with Crippen molar-refractivity contribution in [3.05, 3.63) is 0 Å². The molecule has 2 unspecified atom stereocenters. The van der Waals surface area contributed by atoms with E-state index < -0.39 is 5.60 Å². The van der Waals surface area contributed by atoms with Gasteiger partial charge in [0.2, 0.25) is 0 Å². The molecule has 0 bridgehead atoms. The lowest BCUT2D eigenvalue weighted by molar-refractivity contribution is 0.00515. The third kappa shape index (κ3) is 4.82. The Morgan fingerprint density at radius 1 is 1.50 bits per heavy atom. The van der Waals surface area contributed by atoms with E-state index in [2.05, 4.69) is 5.48 Å². The van der Waals surface area contributed by atoms with E-state index in [1.165, 1.54) is 0 Å². The Kier molecular flexibility index (Phi) is 5.41. The Balaban J connectivity index is 2.61. The molecule has 0 radical (unpaired) electrons. The zero-order chi connectivity index (χ0) is 13.8. The van der Waals surface area contributed by atoms with E-state index in [1.807, 2.05) is 32.6 Å². The van der Waals surface area contributed by atoms with Gasteiger partial charge in [0.1, 0.15) is 5.60 Å².